The average molecular weight is 212 g/mol. The van der Waals surface area contributed by atoms with Crippen molar-refractivity contribution in [3.63, 3.8) is 0 Å². The van der Waals surface area contributed by atoms with Gasteiger partial charge in [0.05, 0.1) is 0 Å². The minimum absolute atomic E-state index is 0.601. The Bertz CT molecular complexity index is 255. The van der Waals surface area contributed by atoms with Crippen LogP contribution in [-0.4, -0.2) is 0 Å². The molecule has 0 saturated carbocycles. The molecule has 0 aliphatic heterocycles. The average Bonchev–Trinajstić information content (AvgIpc) is 2.06. The highest BCUT2D eigenvalue weighted by Crippen LogP contribution is 2.07. The Morgan fingerprint density at radius 2 is 2.27 bits per heavy atom. The molecular formula is C9H10BrN. The third-order valence-corrected chi connectivity index (χ3v) is 1.71. The molecule has 0 amide bonds. The van der Waals surface area contributed by atoms with E-state index in [1.54, 1.807) is 0 Å². The van der Waals surface area contributed by atoms with Crippen molar-refractivity contribution in [3.05, 3.63) is 40.4 Å². The monoisotopic (exact) mass is 211 g/mol. The minimum atomic E-state index is 0.601. The highest BCUT2D eigenvalue weighted by Gasteiger charge is 1.88. The van der Waals surface area contributed by atoms with Crippen LogP contribution >= 0.6 is 15.9 Å². The first-order valence-electron chi connectivity index (χ1n) is 3.42. The molecule has 1 rings (SSSR count). The van der Waals surface area contributed by atoms with Crippen molar-refractivity contribution >= 4 is 22.0 Å². The van der Waals surface area contributed by atoms with E-state index in [9.17, 15) is 0 Å². The van der Waals surface area contributed by atoms with Gasteiger partial charge in [-0.25, -0.2) is 0 Å². The second kappa shape index (κ2) is 4.31. The van der Waals surface area contributed by atoms with E-state index in [4.69, 9.17) is 5.73 Å². The third kappa shape index (κ3) is 2.48. The molecule has 1 nitrogen and oxygen atoms in total. The summed E-state index contributed by atoms with van der Waals surface area (Å²) in [5.74, 6) is 0. The second-order valence-corrected chi connectivity index (χ2v) is 2.77. The van der Waals surface area contributed by atoms with Crippen molar-refractivity contribution in [1.82, 2.24) is 0 Å². The zero-order valence-corrected chi connectivity index (χ0v) is 7.71. The van der Waals surface area contributed by atoms with Gasteiger partial charge in [-0.15, -0.1) is 0 Å². The summed E-state index contributed by atoms with van der Waals surface area (Å²) >= 11 is 3.22. The second-order valence-electron chi connectivity index (χ2n) is 2.24. The van der Waals surface area contributed by atoms with Crippen LogP contribution in [0.25, 0.3) is 6.08 Å². The van der Waals surface area contributed by atoms with Crippen molar-refractivity contribution < 1.29 is 0 Å². The van der Waals surface area contributed by atoms with Crippen LogP contribution in [0.15, 0.2) is 29.3 Å². The van der Waals surface area contributed by atoms with Crippen LogP contribution in [-0.2, 0) is 6.54 Å². The fourth-order valence-electron chi connectivity index (χ4n) is 0.896. The highest BCUT2D eigenvalue weighted by molar-refractivity contribution is 9.11. The van der Waals surface area contributed by atoms with Gasteiger partial charge >= 0.3 is 0 Å². The van der Waals surface area contributed by atoms with Crippen LogP contribution < -0.4 is 5.73 Å². The first-order chi connectivity index (χ1) is 5.36. The molecule has 11 heavy (non-hydrogen) atoms. The minimum Gasteiger partial charge on any atom is -0.326 e. The van der Waals surface area contributed by atoms with Gasteiger partial charge in [-0.3, -0.25) is 0 Å². The molecule has 58 valence electrons. The van der Waals surface area contributed by atoms with Gasteiger partial charge < -0.3 is 5.73 Å². The molecule has 0 spiro atoms. The van der Waals surface area contributed by atoms with Gasteiger partial charge in [0.15, 0.2) is 0 Å². The lowest BCUT2D eigenvalue weighted by Gasteiger charge is -1.96. The van der Waals surface area contributed by atoms with E-state index < -0.39 is 0 Å². The normalized spacial score (nSPS) is 10.7. The SMILES string of the molecule is NCc1cccc(C=CBr)c1. The zero-order valence-electron chi connectivity index (χ0n) is 6.13. The topological polar surface area (TPSA) is 26.0 Å². The largest absolute Gasteiger partial charge is 0.326 e. The summed E-state index contributed by atoms with van der Waals surface area (Å²) in [4.78, 5) is 1.84. The fraction of sp³-hybridized carbons (Fsp3) is 0.111. The molecule has 1 aromatic carbocycles. The molecule has 0 aromatic heterocycles. The molecular weight excluding hydrogens is 202 g/mol. The van der Waals surface area contributed by atoms with E-state index >= 15 is 0 Å². The summed E-state index contributed by atoms with van der Waals surface area (Å²) in [7, 11) is 0. The Hall–Kier alpha value is -0.600. The lowest BCUT2D eigenvalue weighted by molar-refractivity contribution is 1.07. The Morgan fingerprint density at radius 1 is 1.45 bits per heavy atom. The molecule has 0 bridgehead atoms. The first-order valence-corrected chi connectivity index (χ1v) is 4.34. The van der Waals surface area contributed by atoms with Crippen molar-refractivity contribution in [1.29, 1.82) is 0 Å². The summed E-state index contributed by atoms with van der Waals surface area (Å²) in [5, 5.41) is 0. The number of benzene rings is 1. The summed E-state index contributed by atoms with van der Waals surface area (Å²) in [6.07, 6.45) is 1.99. The zero-order chi connectivity index (χ0) is 8.10. The standard InChI is InChI=1S/C9H10BrN/c10-5-4-8-2-1-3-9(6-8)7-11/h1-6H,7,11H2. The third-order valence-electron chi connectivity index (χ3n) is 1.44. The number of hydrogen-bond donors (Lipinski definition) is 1. The molecule has 0 fully saturated rings. The molecule has 0 atom stereocenters. The number of halogens is 1. The van der Waals surface area contributed by atoms with E-state index in [-0.39, 0.29) is 0 Å². The molecule has 2 N–H and O–H groups in total. The maximum absolute atomic E-state index is 5.48. The Kier molecular flexibility index (Phi) is 3.33. The molecule has 0 aliphatic carbocycles. The lowest BCUT2D eigenvalue weighted by Crippen LogP contribution is -1.95. The Balaban J connectivity index is 2.91. The van der Waals surface area contributed by atoms with Gasteiger partial charge in [0, 0.05) is 6.54 Å². The van der Waals surface area contributed by atoms with E-state index in [1.807, 2.05) is 29.3 Å². The fourth-order valence-corrected chi connectivity index (χ4v) is 1.20. The van der Waals surface area contributed by atoms with Crippen LogP contribution in [0.1, 0.15) is 11.1 Å². The maximum atomic E-state index is 5.48. The Labute approximate surface area is 75.0 Å². The summed E-state index contributed by atoms with van der Waals surface area (Å²) in [5.41, 5.74) is 7.81. The van der Waals surface area contributed by atoms with Crippen LogP contribution in [0, 0.1) is 0 Å². The van der Waals surface area contributed by atoms with E-state index in [0.717, 1.165) is 5.56 Å². The van der Waals surface area contributed by atoms with Crippen molar-refractivity contribution in [2.75, 3.05) is 0 Å². The molecule has 0 saturated heterocycles. The predicted molar refractivity (Wildman–Crippen MR) is 52.3 cm³/mol. The highest BCUT2D eigenvalue weighted by atomic mass is 79.9. The van der Waals surface area contributed by atoms with Crippen molar-refractivity contribution in [2.45, 2.75) is 6.54 Å². The molecule has 0 radical (unpaired) electrons. The van der Waals surface area contributed by atoms with Gasteiger partial charge in [0.1, 0.15) is 0 Å². The van der Waals surface area contributed by atoms with Crippen LogP contribution in [0.3, 0.4) is 0 Å². The Morgan fingerprint density at radius 3 is 2.91 bits per heavy atom. The molecule has 1 aromatic rings. The lowest BCUT2D eigenvalue weighted by atomic mass is 10.1. The molecule has 0 unspecified atom stereocenters. The first kappa shape index (κ1) is 8.50. The smallest absolute Gasteiger partial charge is 0.0178 e. The van der Waals surface area contributed by atoms with Crippen LogP contribution in [0.5, 0.6) is 0 Å². The van der Waals surface area contributed by atoms with Crippen molar-refractivity contribution in [2.24, 2.45) is 5.73 Å². The van der Waals surface area contributed by atoms with E-state index in [1.165, 1.54) is 5.56 Å². The van der Waals surface area contributed by atoms with Gasteiger partial charge in [-0.05, 0) is 22.2 Å². The molecule has 0 aliphatic rings. The van der Waals surface area contributed by atoms with Gasteiger partial charge in [0.25, 0.3) is 0 Å². The van der Waals surface area contributed by atoms with Gasteiger partial charge in [0.2, 0.25) is 0 Å². The summed E-state index contributed by atoms with van der Waals surface area (Å²) < 4.78 is 0. The number of rotatable bonds is 2. The quantitative estimate of drug-likeness (QED) is 0.800. The van der Waals surface area contributed by atoms with Gasteiger partial charge in [-0.1, -0.05) is 40.2 Å². The molecule has 2 heteroatoms. The maximum Gasteiger partial charge on any atom is 0.0178 e. The summed E-state index contributed by atoms with van der Waals surface area (Å²) in [6, 6.07) is 8.13. The van der Waals surface area contributed by atoms with Gasteiger partial charge in [-0.2, -0.15) is 0 Å². The summed E-state index contributed by atoms with van der Waals surface area (Å²) in [6.45, 7) is 0.601. The molecule has 0 heterocycles. The number of nitrogens with two attached hydrogens (primary N) is 1. The van der Waals surface area contributed by atoms with Crippen LogP contribution in [0.2, 0.25) is 0 Å². The predicted octanol–water partition coefficient (Wildman–Crippen LogP) is 2.51. The van der Waals surface area contributed by atoms with E-state index in [2.05, 4.69) is 22.0 Å². The van der Waals surface area contributed by atoms with Crippen LogP contribution in [0.4, 0.5) is 0 Å². The number of hydrogen-bond acceptors (Lipinski definition) is 1. The van der Waals surface area contributed by atoms with E-state index in [0.29, 0.717) is 6.54 Å². The van der Waals surface area contributed by atoms with Crippen molar-refractivity contribution in [3.8, 4) is 0 Å².